The van der Waals surface area contributed by atoms with Crippen molar-refractivity contribution in [3.05, 3.63) is 0 Å². The van der Waals surface area contributed by atoms with E-state index in [0.29, 0.717) is 0 Å². The van der Waals surface area contributed by atoms with Gasteiger partial charge in [0.2, 0.25) is 0 Å². The Morgan fingerprint density at radius 1 is 1.27 bits per heavy atom. The third-order valence-corrected chi connectivity index (χ3v) is 5.02. The van der Waals surface area contributed by atoms with Crippen molar-refractivity contribution < 1.29 is 14.5 Å². The molecule has 0 rings (SSSR count). The van der Waals surface area contributed by atoms with Crippen LogP contribution in [0.2, 0.25) is 0 Å². The lowest BCUT2D eigenvalue weighted by molar-refractivity contribution is -0.139. The van der Waals surface area contributed by atoms with Gasteiger partial charge in [-0.1, -0.05) is 25.3 Å². The fraction of sp³-hybridized carbons (Fsp3) is 0.909. The molecule has 0 radical (unpaired) electrons. The molecule has 0 aromatic rings. The normalized spacial score (nSPS) is 16.0. The molecule has 15 heavy (non-hydrogen) atoms. The zero-order chi connectivity index (χ0) is 12.4. The predicted octanol–water partition coefficient (Wildman–Crippen LogP) is 3.36. The molecule has 2 atom stereocenters. The van der Waals surface area contributed by atoms with Crippen LogP contribution in [-0.2, 0) is 9.36 Å². The molecule has 0 heterocycles. The van der Waals surface area contributed by atoms with Crippen LogP contribution < -0.4 is 0 Å². The van der Waals surface area contributed by atoms with Crippen LogP contribution in [0.3, 0.4) is 0 Å². The summed E-state index contributed by atoms with van der Waals surface area (Å²) in [6, 6.07) is 0. The van der Waals surface area contributed by atoms with Crippen molar-refractivity contribution in [1.82, 2.24) is 0 Å². The van der Waals surface area contributed by atoms with E-state index < -0.39 is 18.9 Å². The number of carboxylic acids is 1. The van der Waals surface area contributed by atoms with Gasteiger partial charge in [0, 0.05) is 5.92 Å². The maximum atomic E-state index is 11.7. The average Bonchev–Trinajstić information content (AvgIpc) is 1.97. The monoisotopic (exact) mass is 233 g/mol. The van der Waals surface area contributed by atoms with Crippen LogP contribution in [0.5, 0.6) is 0 Å². The van der Waals surface area contributed by atoms with Crippen LogP contribution in [-0.4, -0.2) is 22.9 Å². The molecule has 4 heteroatoms. The van der Waals surface area contributed by atoms with Crippen molar-refractivity contribution in [1.29, 1.82) is 0 Å². The standard InChI is InChI=1S/C11H21O3P/c1-10(2,3)8(7-9(12)13)11(4,5)15(6)14/h8H,7H2,1-6H3/p+1/t8-/m0/s1. The molecule has 0 spiro atoms. The number of hydrogen-bond donors (Lipinski definition) is 1. The van der Waals surface area contributed by atoms with Crippen molar-refractivity contribution in [2.75, 3.05) is 6.66 Å². The lowest BCUT2D eigenvalue weighted by Crippen LogP contribution is -2.38. The van der Waals surface area contributed by atoms with E-state index in [9.17, 15) is 9.36 Å². The largest absolute Gasteiger partial charge is 0.481 e. The molecule has 0 bridgehead atoms. The molecule has 0 amide bonds. The van der Waals surface area contributed by atoms with E-state index in [1.54, 1.807) is 6.66 Å². The summed E-state index contributed by atoms with van der Waals surface area (Å²) in [7, 11) is -1.39. The zero-order valence-corrected chi connectivity index (χ0v) is 11.4. The maximum absolute atomic E-state index is 11.7. The van der Waals surface area contributed by atoms with E-state index in [1.165, 1.54) is 0 Å². The Hall–Kier alpha value is -0.430. The van der Waals surface area contributed by atoms with Gasteiger partial charge in [0.05, 0.1) is 6.42 Å². The van der Waals surface area contributed by atoms with Gasteiger partial charge in [0.1, 0.15) is 6.66 Å². The highest BCUT2D eigenvalue weighted by atomic mass is 31.1. The molecular formula is C11H22O3P+. The summed E-state index contributed by atoms with van der Waals surface area (Å²) in [6.07, 6.45) is 0.0748. The highest BCUT2D eigenvalue weighted by Crippen LogP contribution is 2.49. The summed E-state index contributed by atoms with van der Waals surface area (Å²) < 4.78 is 11.7. The van der Waals surface area contributed by atoms with Crippen molar-refractivity contribution >= 4 is 13.8 Å². The first kappa shape index (κ1) is 14.6. The van der Waals surface area contributed by atoms with E-state index in [1.807, 2.05) is 34.6 Å². The van der Waals surface area contributed by atoms with Gasteiger partial charge in [0.15, 0.2) is 5.16 Å². The quantitative estimate of drug-likeness (QED) is 0.757. The van der Waals surface area contributed by atoms with Crippen LogP contribution in [0.25, 0.3) is 0 Å². The summed E-state index contributed by atoms with van der Waals surface area (Å²) >= 11 is 0. The summed E-state index contributed by atoms with van der Waals surface area (Å²) in [4.78, 5) is 10.8. The molecule has 88 valence electrons. The smallest absolute Gasteiger partial charge is 0.341 e. The predicted molar refractivity (Wildman–Crippen MR) is 62.8 cm³/mol. The van der Waals surface area contributed by atoms with Gasteiger partial charge in [-0.05, 0) is 19.3 Å². The van der Waals surface area contributed by atoms with Crippen molar-refractivity contribution in [2.24, 2.45) is 11.3 Å². The van der Waals surface area contributed by atoms with E-state index >= 15 is 0 Å². The third kappa shape index (κ3) is 3.90. The van der Waals surface area contributed by atoms with Gasteiger partial charge in [-0.25, -0.2) is 0 Å². The highest BCUT2D eigenvalue weighted by molar-refractivity contribution is 7.45. The van der Waals surface area contributed by atoms with Crippen LogP contribution in [0.15, 0.2) is 0 Å². The van der Waals surface area contributed by atoms with Crippen molar-refractivity contribution in [2.45, 2.75) is 46.2 Å². The van der Waals surface area contributed by atoms with Crippen LogP contribution in [0.1, 0.15) is 41.0 Å². The van der Waals surface area contributed by atoms with Crippen LogP contribution in [0, 0.1) is 11.3 Å². The number of aliphatic carboxylic acids is 1. The second kappa shape index (κ2) is 4.61. The van der Waals surface area contributed by atoms with Crippen molar-refractivity contribution in [3.63, 3.8) is 0 Å². The van der Waals surface area contributed by atoms with E-state index in [4.69, 9.17) is 5.11 Å². The number of carboxylic acid groups (broad SMARTS) is 1. The molecular weight excluding hydrogens is 211 g/mol. The molecule has 1 N–H and O–H groups in total. The van der Waals surface area contributed by atoms with Gasteiger partial charge >= 0.3 is 13.8 Å². The Labute approximate surface area is 93.0 Å². The van der Waals surface area contributed by atoms with Crippen LogP contribution in [0.4, 0.5) is 0 Å². The lowest BCUT2D eigenvalue weighted by atomic mass is 9.72. The SMILES string of the molecule is C[P+](=O)C(C)(C)[C@@H](CC(=O)O)C(C)(C)C. The lowest BCUT2D eigenvalue weighted by Gasteiger charge is -2.35. The zero-order valence-electron chi connectivity index (χ0n) is 10.5. The maximum Gasteiger partial charge on any atom is 0.341 e. The minimum Gasteiger partial charge on any atom is -0.481 e. The average molecular weight is 233 g/mol. The molecule has 0 saturated heterocycles. The Bertz CT molecular complexity index is 263. The Morgan fingerprint density at radius 2 is 1.67 bits per heavy atom. The third-order valence-electron chi connectivity index (χ3n) is 3.09. The number of hydrogen-bond acceptors (Lipinski definition) is 2. The topological polar surface area (TPSA) is 54.4 Å². The van der Waals surface area contributed by atoms with Gasteiger partial charge in [-0.2, -0.15) is 0 Å². The number of carbonyl (C=O) groups is 1. The van der Waals surface area contributed by atoms with Crippen LogP contribution >= 0.6 is 7.80 Å². The second-order valence-corrected chi connectivity index (χ2v) is 7.82. The van der Waals surface area contributed by atoms with E-state index in [2.05, 4.69) is 0 Å². The summed E-state index contributed by atoms with van der Waals surface area (Å²) in [5.41, 5.74) is -0.150. The molecule has 0 fully saturated rings. The Balaban J connectivity index is 5.11. The molecule has 0 aliphatic rings. The first-order valence-corrected chi connectivity index (χ1v) is 6.83. The van der Waals surface area contributed by atoms with E-state index in [-0.39, 0.29) is 17.8 Å². The Kier molecular flexibility index (Phi) is 4.48. The van der Waals surface area contributed by atoms with Gasteiger partial charge in [-0.15, -0.1) is 0 Å². The molecule has 1 unspecified atom stereocenters. The van der Waals surface area contributed by atoms with Crippen molar-refractivity contribution in [3.8, 4) is 0 Å². The molecule has 0 saturated carbocycles. The van der Waals surface area contributed by atoms with Gasteiger partial charge in [0.25, 0.3) is 0 Å². The second-order valence-electron chi connectivity index (χ2n) is 5.67. The highest BCUT2D eigenvalue weighted by Gasteiger charge is 2.49. The molecule has 0 aliphatic carbocycles. The fourth-order valence-corrected chi connectivity index (χ4v) is 2.93. The first-order chi connectivity index (χ1) is 6.49. The van der Waals surface area contributed by atoms with Gasteiger partial charge in [-0.3, -0.25) is 4.79 Å². The number of rotatable bonds is 4. The van der Waals surface area contributed by atoms with Gasteiger partial charge < -0.3 is 5.11 Å². The minimum atomic E-state index is -1.39. The molecule has 0 aromatic heterocycles. The van der Waals surface area contributed by atoms with E-state index in [0.717, 1.165) is 0 Å². The summed E-state index contributed by atoms with van der Waals surface area (Å²) in [5.74, 6) is -0.907. The fourth-order valence-electron chi connectivity index (χ4n) is 2.01. The Morgan fingerprint density at radius 3 is 1.87 bits per heavy atom. The molecule has 0 aliphatic heterocycles. The molecule has 0 aromatic carbocycles. The minimum absolute atomic E-state index is 0.0748. The first-order valence-electron chi connectivity index (χ1n) is 5.12. The molecule has 3 nitrogen and oxygen atoms in total. The summed E-state index contributed by atoms with van der Waals surface area (Å²) in [6.45, 7) is 11.5. The summed E-state index contributed by atoms with van der Waals surface area (Å²) in [5, 5.41) is 8.46.